The summed E-state index contributed by atoms with van der Waals surface area (Å²) in [4.78, 5) is 16.8. The van der Waals surface area contributed by atoms with Gasteiger partial charge in [-0.1, -0.05) is 0 Å². The summed E-state index contributed by atoms with van der Waals surface area (Å²) < 4.78 is 5.08. The number of thiazole rings is 1. The third-order valence-corrected chi connectivity index (χ3v) is 4.55. The number of carbonyl (C=O) groups is 1. The molecular weight excluding hydrogens is 308 g/mol. The van der Waals surface area contributed by atoms with Gasteiger partial charge in [0.25, 0.3) is 5.91 Å². The summed E-state index contributed by atoms with van der Waals surface area (Å²) in [5.74, 6) is 0.179. The molecule has 0 radical (unpaired) electrons. The number of thiophene rings is 1. The molecule has 1 atom stereocenters. The molecule has 0 bridgehead atoms. The van der Waals surface area contributed by atoms with Crippen molar-refractivity contribution in [2.45, 2.75) is 6.10 Å². The van der Waals surface area contributed by atoms with Gasteiger partial charge in [0.05, 0.1) is 19.0 Å². The van der Waals surface area contributed by atoms with Gasteiger partial charge in [-0.3, -0.25) is 4.79 Å². The molecule has 1 unspecified atom stereocenters. The van der Waals surface area contributed by atoms with Gasteiger partial charge in [-0.2, -0.15) is 11.3 Å². The second-order valence-electron chi connectivity index (χ2n) is 4.28. The van der Waals surface area contributed by atoms with Crippen LogP contribution in [-0.4, -0.2) is 22.5 Å². The molecule has 0 saturated carbocycles. The zero-order valence-corrected chi connectivity index (χ0v) is 12.5. The van der Waals surface area contributed by atoms with Gasteiger partial charge in [-0.05, 0) is 23.6 Å². The lowest BCUT2D eigenvalue weighted by atomic mass is 10.2. The predicted molar refractivity (Wildman–Crippen MR) is 81.4 cm³/mol. The minimum absolute atomic E-state index is 0.0953. The Bertz CT molecular complexity index is 705. The number of amides is 1. The van der Waals surface area contributed by atoms with Gasteiger partial charge >= 0.3 is 0 Å². The van der Waals surface area contributed by atoms with E-state index >= 15 is 0 Å². The second kappa shape index (κ2) is 6.21. The monoisotopic (exact) mass is 320 g/mol. The van der Waals surface area contributed by atoms with Crippen molar-refractivity contribution >= 4 is 28.6 Å². The van der Waals surface area contributed by atoms with E-state index in [-0.39, 0.29) is 12.5 Å². The predicted octanol–water partition coefficient (Wildman–Crippen LogP) is 2.93. The van der Waals surface area contributed by atoms with Crippen LogP contribution in [-0.2, 0) is 0 Å². The van der Waals surface area contributed by atoms with Crippen LogP contribution in [0.1, 0.15) is 21.5 Å². The summed E-state index contributed by atoms with van der Waals surface area (Å²) in [6.45, 7) is 0.0953. The van der Waals surface area contributed by atoms with Gasteiger partial charge in [0.2, 0.25) is 0 Å². The van der Waals surface area contributed by atoms with Crippen LogP contribution in [0.25, 0.3) is 10.6 Å². The van der Waals surface area contributed by atoms with Crippen LogP contribution in [0.2, 0.25) is 0 Å². The third kappa shape index (κ3) is 3.21. The van der Waals surface area contributed by atoms with E-state index < -0.39 is 6.10 Å². The average molecular weight is 320 g/mol. The van der Waals surface area contributed by atoms with Crippen LogP contribution in [0.15, 0.2) is 45.8 Å². The lowest BCUT2D eigenvalue weighted by Gasteiger charge is -2.08. The first-order valence-corrected chi connectivity index (χ1v) is 7.98. The summed E-state index contributed by atoms with van der Waals surface area (Å²) >= 11 is 2.91. The van der Waals surface area contributed by atoms with Crippen molar-refractivity contribution in [1.82, 2.24) is 10.3 Å². The number of hydrogen-bond donors (Lipinski definition) is 2. The molecule has 5 nitrogen and oxygen atoms in total. The number of aliphatic hydroxyl groups is 1. The summed E-state index contributed by atoms with van der Waals surface area (Å²) in [7, 11) is 0. The van der Waals surface area contributed by atoms with E-state index in [9.17, 15) is 9.90 Å². The summed E-state index contributed by atoms with van der Waals surface area (Å²) in [6.07, 6.45) is 2.18. The van der Waals surface area contributed by atoms with Crippen molar-refractivity contribution in [2.75, 3.05) is 6.54 Å². The van der Waals surface area contributed by atoms with Gasteiger partial charge in [0.1, 0.15) is 21.7 Å². The molecule has 0 saturated heterocycles. The molecule has 0 fully saturated rings. The maximum atomic E-state index is 12.0. The Hall–Kier alpha value is -1.96. The molecule has 3 heterocycles. The number of nitrogens with zero attached hydrogens (tertiary/aromatic N) is 1. The fourth-order valence-electron chi connectivity index (χ4n) is 1.76. The van der Waals surface area contributed by atoms with E-state index in [0.717, 1.165) is 10.6 Å². The molecule has 0 aliphatic heterocycles. The SMILES string of the molecule is O=C(NCC(O)c1ccco1)c1cnc(-c2ccsc2)s1. The van der Waals surface area contributed by atoms with Crippen LogP contribution >= 0.6 is 22.7 Å². The lowest BCUT2D eigenvalue weighted by Crippen LogP contribution is -2.27. The Morgan fingerprint density at radius 1 is 1.48 bits per heavy atom. The molecular formula is C14H12N2O3S2. The smallest absolute Gasteiger partial charge is 0.263 e. The largest absolute Gasteiger partial charge is 0.467 e. The van der Waals surface area contributed by atoms with Crippen LogP contribution in [0, 0.1) is 0 Å². The van der Waals surface area contributed by atoms with Crippen molar-refractivity contribution in [3.05, 3.63) is 52.1 Å². The highest BCUT2D eigenvalue weighted by Gasteiger charge is 2.15. The molecule has 0 aliphatic rings. The number of aliphatic hydroxyl groups excluding tert-OH is 1. The molecule has 3 aromatic heterocycles. The summed E-state index contributed by atoms with van der Waals surface area (Å²) in [6, 6.07) is 5.32. The zero-order chi connectivity index (χ0) is 14.7. The van der Waals surface area contributed by atoms with Crippen molar-refractivity contribution in [3.8, 4) is 10.6 Å². The molecule has 3 rings (SSSR count). The average Bonchev–Trinajstić information content (AvgIpc) is 3.25. The van der Waals surface area contributed by atoms with Gasteiger partial charge in [0, 0.05) is 10.9 Å². The summed E-state index contributed by atoms with van der Waals surface area (Å²) in [5.41, 5.74) is 1.01. The highest BCUT2D eigenvalue weighted by Crippen LogP contribution is 2.26. The first-order chi connectivity index (χ1) is 10.2. The highest BCUT2D eigenvalue weighted by atomic mass is 32.1. The first-order valence-electron chi connectivity index (χ1n) is 6.22. The Balaban J connectivity index is 1.61. The number of hydrogen-bond acceptors (Lipinski definition) is 6. The second-order valence-corrected chi connectivity index (χ2v) is 6.09. The number of carbonyl (C=O) groups excluding carboxylic acids is 1. The minimum Gasteiger partial charge on any atom is -0.467 e. The van der Waals surface area contributed by atoms with Crippen molar-refractivity contribution < 1.29 is 14.3 Å². The van der Waals surface area contributed by atoms with Gasteiger partial charge in [-0.25, -0.2) is 4.98 Å². The van der Waals surface area contributed by atoms with Gasteiger partial charge in [-0.15, -0.1) is 11.3 Å². The Kier molecular flexibility index (Phi) is 4.14. The van der Waals surface area contributed by atoms with E-state index in [2.05, 4.69) is 10.3 Å². The molecule has 1 amide bonds. The molecule has 21 heavy (non-hydrogen) atoms. The van der Waals surface area contributed by atoms with E-state index in [4.69, 9.17) is 4.42 Å². The van der Waals surface area contributed by atoms with E-state index in [0.29, 0.717) is 10.6 Å². The van der Waals surface area contributed by atoms with Crippen LogP contribution in [0.3, 0.4) is 0 Å². The zero-order valence-electron chi connectivity index (χ0n) is 10.9. The fourth-order valence-corrected chi connectivity index (χ4v) is 3.30. The number of rotatable bonds is 5. The molecule has 108 valence electrons. The minimum atomic E-state index is -0.854. The van der Waals surface area contributed by atoms with E-state index in [1.807, 2.05) is 16.8 Å². The Morgan fingerprint density at radius 3 is 3.10 bits per heavy atom. The van der Waals surface area contributed by atoms with Gasteiger partial charge < -0.3 is 14.8 Å². The van der Waals surface area contributed by atoms with Crippen LogP contribution in [0.4, 0.5) is 0 Å². The summed E-state index contributed by atoms with van der Waals surface area (Å²) in [5, 5.41) is 17.3. The van der Waals surface area contributed by atoms with E-state index in [1.54, 1.807) is 29.7 Å². The normalized spacial score (nSPS) is 12.2. The molecule has 0 spiro atoms. The molecule has 7 heteroatoms. The topological polar surface area (TPSA) is 75.4 Å². The maximum Gasteiger partial charge on any atom is 0.263 e. The van der Waals surface area contributed by atoms with Crippen LogP contribution in [0.5, 0.6) is 0 Å². The van der Waals surface area contributed by atoms with Crippen LogP contribution < -0.4 is 5.32 Å². The van der Waals surface area contributed by atoms with Crippen molar-refractivity contribution in [2.24, 2.45) is 0 Å². The third-order valence-electron chi connectivity index (χ3n) is 2.83. The van der Waals surface area contributed by atoms with E-state index in [1.165, 1.54) is 17.6 Å². The molecule has 2 N–H and O–H groups in total. The maximum absolute atomic E-state index is 12.0. The highest BCUT2D eigenvalue weighted by molar-refractivity contribution is 7.17. The Labute approximate surface area is 128 Å². The Morgan fingerprint density at radius 2 is 2.38 bits per heavy atom. The lowest BCUT2D eigenvalue weighted by molar-refractivity contribution is 0.0905. The standard InChI is InChI=1S/C14H12N2O3S2/c17-10(11-2-1-4-19-11)6-15-13(18)12-7-16-14(21-12)9-3-5-20-8-9/h1-5,7-8,10,17H,6H2,(H,15,18). The first kappa shape index (κ1) is 14.0. The molecule has 3 aromatic rings. The van der Waals surface area contributed by atoms with Crippen molar-refractivity contribution in [3.63, 3.8) is 0 Å². The van der Waals surface area contributed by atoms with Gasteiger partial charge in [0.15, 0.2) is 0 Å². The molecule has 0 aliphatic carbocycles. The number of nitrogens with one attached hydrogen (secondary N) is 1. The fraction of sp³-hybridized carbons (Fsp3) is 0.143. The number of aromatic nitrogens is 1. The quantitative estimate of drug-likeness (QED) is 0.758. The number of furan rings is 1. The van der Waals surface area contributed by atoms with Crippen molar-refractivity contribution in [1.29, 1.82) is 0 Å². The molecule has 0 aromatic carbocycles.